The van der Waals surface area contributed by atoms with Crippen molar-refractivity contribution in [2.45, 2.75) is 65.2 Å². The van der Waals surface area contributed by atoms with Gasteiger partial charge in [-0.15, -0.1) is 0 Å². The fourth-order valence-corrected chi connectivity index (χ4v) is 2.31. The molecule has 0 heterocycles. The van der Waals surface area contributed by atoms with Gasteiger partial charge in [0, 0.05) is 5.92 Å². The number of alkyl halides is 1. The summed E-state index contributed by atoms with van der Waals surface area (Å²) in [6.45, 7) is 4.41. The lowest BCUT2D eigenvalue weighted by atomic mass is 9.92. The van der Waals surface area contributed by atoms with Crippen LogP contribution in [0.5, 0.6) is 0 Å². The molecule has 0 aliphatic heterocycles. The summed E-state index contributed by atoms with van der Waals surface area (Å²) in [5, 5.41) is 0.538. The van der Waals surface area contributed by atoms with Gasteiger partial charge in [-0.25, -0.2) is 0 Å². The van der Waals surface area contributed by atoms with Gasteiger partial charge in [-0.2, -0.15) is 0 Å². The van der Waals surface area contributed by atoms with Gasteiger partial charge in [0.15, 0.2) is 0 Å². The zero-order valence-corrected chi connectivity index (χ0v) is 11.8. The van der Waals surface area contributed by atoms with Gasteiger partial charge in [0.1, 0.15) is 5.78 Å². The van der Waals surface area contributed by atoms with Crippen LogP contribution in [-0.2, 0) is 4.79 Å². The molecule has 0 aliphatic rings. The van der Waals surface area contributed by atoms with Crippen LogP contribution in [-0.4, -0.2) is 11.1 Å². The number of carbonyl (C=O) groups is 1. The quantitative estimate of drug-likeness (QED) is 0.417. The molecule has 0 amide bonds. The van der Waals surface area contributed by atoms with E-state index in [2.05, 4.69) is 29.8 Å². The Hall–Kier alpha value is 0.150. The Morgan fingerprint density at radius 1 is 1.00 bits per heavy atom. The number of hydrogen-bond acceptors (Lipinski definition) is 1. The van der Waals surface area contributed by atoms with Crippen LogP contribution in [0.25, 0.3) is 0 Å². The molecule has 0 aromatic heterocycles. The lowest BCUT2D eigenvalue weighted by Gasteiger charge is -2.13. The topological polar surface area (TPSA) is 17.1 Å². The highest BCUT2D eigenvalue weighted by Crippen LogP contribution is 2.19. The summed E-state index contributed by atoms with van der Waals surface area (Å²) in [5.41, 5.74) is 0. The van der Waals surface area contributed by atoms with Gasteiger partial charge in [0.2, 0.25) is 0 Å². The summed E-state index contributed by atoms with van der Waals surface area (Å²) in [7, 11) is 0. The molecule has 0 saturated heterocycles. The minimum Gasteiger partial charge on any atom is -0.298 e. The molecule has 0 rings (SSSR count). The molecule has 0 fully saturated rings. The van der Waals surface area contributed by atoms with E-state index in [1.54, 1.807) is 0 Å². The summed E-state index contributed by atoms with van der Waals surface area (Å²) < 4.78 is 0. The Kier molecular flexibility index (Phi) is 10.8. The molecule has 0 saturated carbocycles. The second kappa shape index (κ2) is 10.7. The van der Waals surface area contributed by atoms with Crippen molar-refractivity contribution in [3.63, 3.8) is 0 Å². The Balaban J connectivity index is 3.79. The summed E-state index contributed by atoms with van der Waals surface area (Å²) in [4.78, 5) is 11.7. The maximum absolute atomic E-state index is 11.7. The van der Waals surface area contributed by atoms with Gasteiger partial charge in [0.05, 0.1) is 5.33 Å². The minimum atomic E-state index is 0.322. The maximum Gasteiger partial charge on any atom is 0.146 e. The molecule has 0 N–H and O–H groups in total. The zero-order chi connectivity index (χ0) is 11.5. The molecule has 0 atom stereocenters. The molecule has 1 nitrogen and oxygen atoms in total. The van der Waals surface area contributed by atoms with Gasteiger partial charge in [-0.05, 0) is 12.8 Å². The molecular formula is C13H25BrO. The summed E-state index contributed by atoms with van der Waals surface area (Å²) in [5.74, 6) is 0.727. The van der Waals surface area contributed by atoms with E-state index in [9.17, 15) is 4.79 Å². The Bertz CT molecular complexity index is 147. The highest BCUT2D eigenvalue weighted by Gasteiger charge is 2.15. The van der Waals surface area contributed by atoms with E-state index in [0.29, 0.717) is 17.0 Å². The predicted molar refractivity (Wildman–Crippen MR) is 70.6 cm³/mol. The van der Waals surface area contributed by atoms with Crippen molar-refractivity contribution in [1.82, 2.24) is 0 Å². The third kappa shape index (κ3) is 8.01. The monoisotopic (exact) mass is 276 g/mol. The van der Waals surface area contributed by atoms with Gasteiger partial charge in [-0.3, -0.25) is 4.79 Å². The normalized spacial score (nSPS) is 10.9. The van der Waals surface area contributed by atoms with Gasteiger partial charge in [-0.1, -0.05) is 68.3 Å². The summed E-state index contributed by atoms with van der Waals surface area (Å²) >= 11 is 3.28. The van der Waals surface area contributed by atoms with Crippen molar-refractivity contribution in [3.8, 4) is 0 Å². The van der Waals surface area contributed by atoms with Crippen LogP contribution >= 0.6 is 15.9 Å². The number of Topliss-reactive ketones (excluding diaryl/α,β-unsaturated/α-hetero) is 1. The Morgan fingerprint density at radius 3 is 1.80 bits per heavy atom. The minimum absolute atomic E-state index is 0.322. The van der Waals surface area contributed by atoms with Gasteiger partial charge in [0.25, 0.3) is 0 Å². The SMILES string of the molecule is CCCCCC(CCCCC)C(=O)CBr. The molecule has 0 aromatic carbocycles. The number of halogens is 1. The van der Waals surface area contributed by atoms with Crippen LogP contribution in [0.3, 0.4) is 0 Å². The largest absolute Gasteiger partial charge is 0.298 e. The molecule has 90 valence electrons. The average Bonchev–Trinajstić information content (AvgIpc) is 2.26. The summed E-state index contributed by atoms with van der Waals surface area (Å²) in [6, 6.07) is 0. The van der Waals surface area contributed by atoms with E-state index in [1.165, 1.54) is 38.5 Å². The van der Waals surface area contributed by atoms with Crippen molar-refractivity contribution in [2.24, 2.45) is 5.92 Å². The first kappa shape index (κ1) is 15.2. The second-order valence-electron chi connectivity index (χ2n) is 4.29. The second-order valence-corrected chi connectivity index (χ2v) is 4.85. The number of ketones is 1. The molecule has 0 unspecified atom stereocenters. The van der Waals surface area contributed by atoms with E-state index >= 15 is 0 Å². The van der Waals surface area contributed by atoms with Gasteiger partial charge >= 0.3 is 0 Å². The molecule has 0 aromatic rings. The van der Waals surface area contributed by atoms with Gasteiger partial charge < -0.3 is 0 Å². The molecule has 0 radical (unpaired) electrons. The standard InChI is InChI=1S/C13H25BrO/c1-3-5-7-9-12(13(15)11-14)10-8-6-4-2/h12H,3-11H2,1-2H3. The van der Waals surface area contributed by atoms with Crippen molar-refractivity contribution in [3.05, 3.63) is 0 Å². The zero-order valence-electron chi connectivity index (χ0n) is 10.2. The van der Waals surface area contributed by atoms with Crippen LogP contribution in [0.1, 0.15) is 65.2 Å². The van der Waals surface area contributed by atoms with Crippen LogP contribution in [0.4, 0.5) is 0 Å². The highest BCUT2D eigenvalue weighted by atomic mass is 79.9. The fourth-order valence-electron chi connectivity index (χ4n) is 1.86. The van der Waals surface area contributed by atoms with Crippen LogP contribution in [0.15, 0.2) is 0 Å². The average molecular weight is 277 g/mol. The first-order valence-electron chi connectivity index (χ1n) is 6.34. The van der Waals surface area contributed by atoms with E-state index in [1.807, 2.05) is 0 Å². The van der Waals surface area contributed by atoms with E-state index in [-0.39, 0.29) is 0 Å². The number of rotatable bonds is 10. The molecule has 0 spiro atoms. The van der Waals surface area contributed by atoms with Crippen molar-refractivity contribution in [1.29, 1.82) is 0 Å². The third-order valence-corrected chi connectivity index (χ3v) is 3.45. The third-order valence-electron chi connectivity index (χ3n) is 2.90. The van der Waals surface area contributed by atoms with Crippen LogP contribution in [0.2, 0.25) is 0 Å². The molecule has 15 heavy (non-hydrogen) atoms. The lowest BCUT2D eigenvalue weighted by Crippen LogP contribution is -2.15. The molecule has 0 aliphatic carbocycles. The van der Waals surface area contributed by atoms with E-state index in [0.717, 1.165) is 12.8 Å². The van der Waals surface area contributed by atoms with E-state index in [4.69, 9.17) is 0 Å². The number of carbonyl (C=O) groups excluding carboxylic acids is 1. The summed E-state index contributed by atoms with van der Waals surface area (Å²) in [6.07, 6.45) is 9.64. The van der Waals surface area contributed by atoms with Crippen molar-refractivity contribution < 1.29 is 4.79 Å². The lowest BCUT2D eigenvalue weighted by molar-refractivity contribution is -0.120. The molecule has 2 heteroatoms. The number of unbranched alkanes of at least 4 members (excludes halogenated alkanes) is 4. The molecular weight excluding hydrogens is 252 g/mol. The van der Waals surface area contributed by atoms with Crippen molar-refractivity contribution in [2.75, 3.05) is 5.33 Å². The molecule has 0 bridgehead atoms. The number of hydrogen-bond donors (Lipinski definition) is 0. The maximum atomic E-state index is 11.7. The van der Waals surface area contributed by atoms with Crippen molar-refractivity contribution >= 4 is 21.7 Å². The van der Waals surface area contributed by atoms with Crippen LogP contribution in [0, 0.1) is 5.92 Å². The first-order valence-corrected chi connectivity index (χ1v) is 7.47. The highest BCUT2D eigenvalue weighted by molar-refractivity contribution is 9.09. The predicted octanol–water partition coefficient (Wildman–Crippen LogP) is 4.73. The fraction of sp³-hybridized carbons (Fsp3) is 0.923. The van der Waals surface area contributed by atoms with Crippen LogP contribution < -0.4 is 0 Å². The smallest absolute Gasteiger partial charge is 0.146 e. The van der Waals surface area contributed by atoms with E-state index < -0.39 is 0 Å². The Labute approximate surface area is 103 Å². The Morgan fingerprint density at radius 2 is 1.47 bits per heavy atom. The first-order chi connectivity index (χ1) is 7.26.